The molecule has 6 heteroatoms. The molecular formula is C12H15AlF4O. The molecule has 18 heavy (non-hydrogen) atoms. The summed E-state index contributed by atoms with van der Waals surface area (Å²) in [6.07, 6.45) is 0. The average Bonchev–Trinajstić information content (AvgIpc) is 2.25. The maximum Gasteiger partial charge on any atom is 0.552 e. The predicted octanol–water partition coefficient (Wildman–Crippen LogP) is 4.43. The quantitative estimate of drug-likeness (QED) is 0.449. The van der Waals surface area contributed by atoms with Crippen LogP contribution in [0.25, 0.3) is 0 Å². The first kappa shape index (κ1) is 15.3. The number of hydrogen-bond acceptors (Lipinski definition) is 1. The van der Waals surface area contributed by atoms with E-state index in [1.165, 1.54) is 0 Å². The largest absolute Gasteiger partial charge is 0.638 e. The van der Waals surface area contributed by atoms with E-state index < -0.39 is 43.5 Å². The molecule has 0 aromatic heterocycles. The van der Waals surface area contributed by atoms with Crippen LogP contribution in [-0.2, 0) is 0 Å². The fourth-order valence-corrected chi connectivity index (χ4v) is 4.40. The second-order valence-corrected chi connectivity index (χ2v) is 8.70. The van der Waals surface area contributed by atoms with Gasteiger partial charge < -0.3 is 3.79 Å². The number of halogens is 4. The molecule has 1 aromatic rings. The average molecular weight is 278 g/mol. The molecule has 0 atom stereocenters. The minimum absolute atomic E-state index is 0.0927. The van der Waals surface area contributed by atoms with Crippen molar-refractivity contribution in [2.24, 2.45) is 0 Å². The van der Waals surface area contributed by atoms with Gasteiger partial charge in [0.05, 0.1) is 0 Å². The molecule has 0 saturated heterocycles. The van der Waals surface area contributed by atoms with Crippen LogP contribution in [0.4, 0.5) is 17.6 Å². The maximum absolute atomic E-state index is 13.4. The van der Waals surface area contributed by atoms with E-state index in [9.17, 15) is 17.6 Å². The Hall–Kier alpha value is -0.728. The first-order valence-electron chi connectivity index (χ1n) is 5.75. The Labute approximate surface area is 108 Å². The van der Waals surface area contributed by atoms with Crippen molar-refractivity contribution in [3.63, 3.8) is 0 Å². The molecule has 0 heterocycles. The molecule has 0 aliphatic heterocycles. The molecule has 0 aliphatic carbocycles. The van der Waals surface area contributed by atoms with Crippen LogP contribution in [0.2, 0.25) is 9.56 Å². The van der Waals surface area contributed by atoms with Crippen LogP contribution < -0.4 is 3.79 Å². The zero-order valence-corrected chi connectivity index (χ0v) is 11.9. The number of benzene rings is 1. The van der Waals surface area contributed by atoms with Crippen molar-refractivity contribution >= 4 is 14.5 Å². The van der Waals surface area contributed by atoms with Crippen LogP contribution in [0.3, 0.4) is 0 Å². The fourth-order valence-electron chi connectivity index (χ4n) is 1.83. The summed E-state index contributed by atoms with van der Waals surface area (Å²) in [6.45, 7) is 7.45. The van der Waals surface area contributed by atoms with Gasteiger partial charge in [0, 0.05) is 6.07 Å². The third kappa shape index (κ3) is 3.18. The Kier molecular flexibility index (Phi) is 5.06. The molecule has 0 aliphatic rings. The molecule has 0 N–H and O–H groups in total. The van der Waals surface area contributed by atoms with Gasteiger partial charge in [-0.05, 0) is 9.56 Å². The van der Waals surface area contributed by atoms with E-state index >= 15 is 0 Å². The molecule has 1 aromatic carbocycles. The van der Waals surface area contributed by atoms with Crippen LogP contribution in [-0.4, -0.2) is 14.5 Å². The summed E-state index contributed by atoms with van der Waals surface area (Å²) in [5.41, 5.74) is 0. The fraction of sp³-hybridized carbons (Fsp3) is 0.500. The van der Waals surface area contributed by atoms with Gasteiger partial charge in [-0.3, -0.25) is 0 Å². The van der Waals surface area contributed by atoms with Crippen LogP contribution in [0.5, 0.6) is 5.75 Å². The summed E-state index contributed by atoms with van der Waals surface area (Å²) >= 11 is -2.02. The second kappa shape index (κ2) is 5.94. The minimum Gasteiger partial charge on any atom is -0.638 e. The summed E-state index contributed by atoms with van der Waals surface area (Å²) in [7, 11) is 0. The predicted molar refractivity (Wildman–Crippen MR) is 62.9 cm³/mol. The van der Waals surface area contributed by atoms with Crippen molar-refractivity contribution in [1.82, 2.24) is 0 Å². The highest BCUT2D eigenvalue weighted by atomic mass is 27.2. The van der Waals surface area contributed by atoms with Gasteiger partial charge in [0.1, 0.15) is 0 Å². The first-order chi connectivity index (χ1) is 8.25. The topological polar surface area (TPSA) is 9.23 Å². The van der Waals surface area contributed by atoms with Crippen molar-refractivity contribution in [3.8, 4) is 5.75 Å². The van der Waals surface area contributed by atoms with Gasteiger partial charge in [0.2, 0.25) is 0 Å². The van der Waals surface area contributed by atoms with Gasteiger partial charge in [0.15, 0.2) is 29.0 Å². The highest BCUT2D eigenvalue weighted by Crippen LogP contribution is 2.30. The Morgan fingerprint density at radius 2 is 1.28 bits per heavy atom. The van der Waals surface area contributed by atoms with E-state index in [1.54, 1.807) is 0 Å². The standard InChI is InChI=1S/C6H2F4O.2C3H7.Al/c7-2-1-3(8)5(10)6(11)4(2)9;2*1-3-2;/h1,11H;2*3H,1-2H3;/q;;;+1/p-1. The summed E-state index contributed by atoms with van der Waals surface area (Å²) in [5, 5.41) is 0. The monoisotopic (exact) mass is 278 g/mol. The van der Waals surface area contributed by atoms with E-state index in [0.29, 0.717) is 0 Å². The Morgan fingerprint density at radius 1 is 0.889 bits per heavy atom. The molecule has 100 valence electrons. The first-order valence-corrected chi connectivity index (χ1v) is 7.55. The zero-order chi connectivity index (χ0) is 14.0. The Balaban J connectivity index is 3.17. The van der Waals surface area contributed by atoms with E-state index in [4.69, 9.17) is 3.79 Å². The van der Waals surface area contributed by atoms with E-state index in [0.717, 1.165) is 0 Å². The minimum atomic E-state index is -2.02. The summed E-state index contributed by atoms with van der Waals surface area (Å²) in [5.74, 6) is -6.74. The Morgan fingerprint density at radius 3 is 1.61 bits per heavy atom. The second-order valence-electron chi connectivity index (χ2n) is 4.87. The summed E-state index contributed by atoms with van der Waals surface area (Å²) < 4.78 is 58.4. The molecule has 0 amide bonds. The molecular weight excluding hydrogens is 263 g/mol. The molecule has 0 radical (unpaired) electrons. The SMILES string of the molecule is C[CH](C)[Al]([O]c1c(F)c(F)cc(F)c1F)[CH](C)C. The van der Waals surface area contributed by atoms with E-state index in [2.05, 4.69) is 0 Å². The van der Waals surface area contributed by atoms with Crippen molar-refractivity contribution in [2.75, 3.05) is 0 Å². The zero-order valence-electron chi connectivity index (χ0n) is 10.7. The van der Waals surface area contributed by atoms with Gasteiger partial charge in [0.25, 0.3) is 0 Å². The van der Waals surface area contributed by atoms with Crippen molar-refractivity contribution in [2.45, 2.75) is 37.3 Å². The smallest absolute Gasteiger partial charge is 0.552 e. The van der Waals surface area contributed by atoms with Crippen molar-refractivity contribution in [3.05, 3.63) is 29.3 Å². The van der Waals surface area contributed by atoms with Crippen LogP contribution >= 0.6 is 0 Å². The van der Waals surface area contributed by atoms with Gasteiger partial charge in [-0.2, -0.15) is 8.78 Å². The molecule has 1 nitrogen and oxygen atoms in total. The maximum atomic E-state index is 13.4. The van der Waals surface area contributed by atoms with Crippen molar-refractivity contribution < 1.29 is 21.4 Å². The van der Waals surface area contributed by atoms with Crippen LogP contribution in [0, 0.1) is 23.3 Å². The van der Waals surface area contributed by atoms with Gasteiger partial charge in [-0.15, -0.1) is 0 Å². The molecule has 0 unspecified atom stereocenters. The van der Waals surface area contributed by atoms with E-state index in [1.807, 2.05) is 27.7 Å². The molecule has 0 saturated carbocycles. The third-order valence-electron chi connectivity index (χ3n) is 2.64. The highest BCUT2D eigenvalue weighted by molar-refractivity contribution is 6.55. The van der Waals surface area contributed by atoms with Crippen LogP contribution in [0.15, 0.2) is 6.07 Å². The highest BCUT2D eigenvalue weighted by Gasteiger charge is 2.34. The third-order valence-corrected chi connectivity index (χ3v) is 5.78. The lowest BCUT2D eigenvalue weighted by molar-refractivity contribution is 0.389. The molecule has 0 spiro atoms. The summed E-state index contributed by atoms with van der Waals surface area (Å²) in [4.78, 5) is 0. The normalized spacial score (nSPS) is 11.2. The Bertz CT molecular complexity index is 400. The lowest BCUT2D eigenvalue weighted by Crippen LogP contribution is -2.30. The summed E-state index contributed by atoms with van der Waals surface area (Å²) in [6, 6.07) is 0.179. The number of hydrogen-bond donors (Lipinski definition) is 0. The molecule has 1 rings (SSSR count). The van der Waals surface area contributed by atoms with Gasteiger partial charge in [-0.25, -0.2) is 8.78 Å². The molecule has 0 bridgehead atoms. The lowest BCUT2D eigenvalue weighted by Gasteiger charge is -2.21. The van der Waals surface area contributed by atoms with Gasteiger partial charge in [-0.1, -0.05) is 27.7 Å². The van der Waals surface area contributed by atoms with Crippen LogP contribution in [0.1, 0.15) is 27.7 Å². The van der Waals surface area contributed by atoms with Crippen molar-refractivity contribution in [1.29, 1.82) is 0 Å². The lowest BCUT2D eigenvalue weighted by atomic mass is 10.3. The number of rotatable bonds is 4. The molecule has 0 fully saturated rings. The van der Waals surface area contributed by atoms with Gasteiger partial charge >= 0.3 is 14.5 Å². The van der Waals surface area contributed by atoms with E-state index in [-0.39, 0.29) is 15.6 Å².